The van der Waals surface area contributed by atoms with E-state index < -0.39 is 0 Å². The highest BCUT2D eigenvalue weighted by Gasteiger charge is 2.24. The summed E-state index contributed by atoms with van der Waals surface area (Å²) < 4.78 is 16.3. The van der Waals surface area contributed by atoms with E-state index in [0.717, 1.165) is 44.9 Å². The van der Waals surface area contributed by atoms with Gasteiger partial charge in [0.15, 0.2) is 5.82 Å². The second-order valence-corrected chi connectivity index (χ2v) is 4.80. The summed E-state index contributed by atoms with van der Waals surface area (Å²) in [6.45, 7) is 2.39. The second kappa shape index (κ2) is 5.14. The van der Waals surface area contributed by atoms with Crippen molar-refractivity contribution >= 4 is 0 Å². The lowest BCUT2D eigenvalue weighted by Gasteiger charge is -2.20. The van der Waals surface area contributed by atoms with Crippen LogP contribution in [0.5, 0.6) is 0 Å². The molecule has 94 valence electrons. The molecule has 0 aliphatic carbocycles. The van der Waals surface area contributed by atoms with Crippen LogP contribution in [0.3, 0.4) is 0 Å². The normalized spacial score (nSPS) is 29.6. The molecular weight excluding hydrogens is 220 g/mol. The minimum Gasteiger partial charge on any atom is -0.381 e. The van der Waals surface area contributed by atoms with Gasteiger partial charge in [-0.1, -0.05) is 5.16 Å². The number of ether oxygens (including phenoxy) is 2. The molecule has 5 nitrogen and oxygen atoms in total. The molecule has 5 heteroatoms. The average molecular weight is 238 g/mol. The topological polar surface area (TPSA) is 57.4 Å². The number of rotatable bonds is 3. The van der Waals surface area contributed by atoms with Crippen LogP contribution in [-0.4, -0.2) is 36.1 Å². The van der Waals surface area contributed by atoms with E-state index in [1.165, 1.54) is 12.8 Å². The van der Waals surface area contributed by atoms with Gasteiger partial charge in [-0.15, -0.1) is 0 Å². The van der Waals surface area contributed by atoms with Gasteiger partial charge in [0.05, 0.1) is 19.1 Å². The van der Waals surface area contributed by atoms with Crippen molar-refractivity contribution in [1.82, 2.24) is 10.1 Å². The number of aromatic nitrogens is 2. The zero-order valence-electron chi connectivity index (χ0n) is 9.93. The van der Waals surface area contributed by atoms with Crippen molar-refractivity contribution in [1.29, 1.82) is 0 Å². The van der Waals surface area contributed by atoms with Gasteiger partial charge < -0.3 is 14.0 Å². The van der Waals surface area contributed by atoms with Crippen molar-refractivity contribution in [3.63, 3.8) is 0 Å². The standard InChI is InChI=1S/C12H18N2O3/c1-2-5-16-10(3-1)7-11-13-12(14-17-11)9-4-6-15-8-9/h9-10H,1-8H2/t9-,10-/m1/s1. The Hall–Kier alpha value is -0.940. The molecule has 1 aromatic heterocycles. The Bertz CT molecular complexity index is 354. The van der Waals surface area contributed by atoms with Crippen LogP contribution in [0.15, 0.2) is 4.52 Å². The van der Waals surface area contributed by atoms with Crippen molar-refractivity contribution < 1.29 is 14.0 Å². The summed E-state index contributed by atoms with van der Waals surface area (Å²) in [7, 11) is 0. The zero-order chi connectivity index (χ0) is 11.5. The molecule has 3 heterocycles. The van der Waals surface area contributed by atoms with E-state index in [1.807, 2.05) is 0 Å². The number of hydrogen-bond donors (Lipinski definition) is 0. The first-order valence-corrected chi connectivity index (χ1v) is 6.43. The van der Waals surface area contributed by atoms with Crippen LogP contribution in [0.4, 0.5) is 0 Å². The van der Waals surface area contributed by atoms with Crippen LogP contribution in [0.25, 0.3) is 0 Å². The van der Waals surface area contributed by atoms with Gasteiger partial charge in [-0.25, -0.2) is 0 Å². The molecule has 0 bridgehead atoms. The van der Waals surface area contributed by atoms with Crippen LogP contribution < -0.4 is 0 Å². The molecule has 0 amide bonds. The first kappa shape index (κ1) is 11.2. The van der Waals surface area contributed by atoms with Gasteiger partial charge in [0.2, 0.25) is 5.89 Å². The van der Waals surface area contributed by atoms with Crippen molar-refractivity contribution in [2.75, 3.05) is 19.8 Å². The van der Waals surface area contributed by atoms with E-state index in [2.05, 4.69) is 10.1 Å². The fourth-order valence-corrected chi connectivity index (χ4v) is 2.42. The van der Waals surface area contributed by atoms with Crippen molar-refractivity contribution in [2.45, 2.75) is 44.1 Å². The van der Waals surface area contributed by atoms with Gasteiger partial charge in [0, 0.05) is 19.1 Å². The maximum atomic E-state index is 5.66. The second-order valence-electron chi connectivity index (χ2n) is 4.80. The Labute approximate surface area is 100 Å². The largest absolute Gasteiger partial charge is 0.381 e. The molecular formula is C12H18N2O3. The predicted molar refractivity (Wildman–Crippen MR) is 59.8 cm³/mol. The molecule has 3 rings (SSSR count). The van der Waals surface area contributed by atoms with Crippen LogP contribution in [-0.2, 0) is 15.9 Å². The van der Waals surface area contributed by atoms with Crippen molar-refractivity contribution in [3.05, 3.63) is 11.7 Å². The van der Waals surface area contributed by atoms with Gasteiger partial charge in [-0.3, -0.25) is 0 Å². The molecule has 0 aromatic carbocycles. The number of hydrogen-bond acceptors (Lipinski definition) is 5. The molecule has 2 saturated heterocycles. The van der Waals surface area contributed by atoms with Gasteiger partial charge in [-0.2, -0.15) is 4.98 Å². The lowest BCUT2D eigenvalue weighted by Crippen LogP contribution is -2.21. The molecule has 0 radical (unpaired) electrons. The molecule has 0 unspecified atom stereocenters. The molecule has 2 aliphatic heterocycles. The smallest absolute Gasteiger partial charge is 0.229 e. The van der Waals surface area contributed by atoms with Gasteiger partial charge in [0.25, 0.3) is 0 Å². The Kier molecular flexibility index (Phi) is 3.38. The van der Waals surface area contributed by atoms with E-state index in [1.54, 1.807) is 0 Å². The molecule has 0 spiro atoms. The molecule has 0 saturated carbocycles. The first-order chi connectivity index (χ1) is 8.42. The third-order valence-electron chi connectivity index (χ3n) is 3.45. The zero-order valence-corrected chi connectivity index (χ0v) is 9.93. The summed E-state index contributed by atoms with van der Waals surface area (Å²) >= 11 is 0. The highest BCUT2D eigenvalue weighted by molar-refractivity contribution is 4.98. The Balaban J connectivity index is 1.59. The Morgan fingerprint density at radius 2 is 2.18 bits per heavy atom. The summed E-state index contributed by atoms with van der Waals surface area (Å²) in [4.78, 5) is 4.45. The minimum absolute atomic E-state index is 0.261. The number of nitrogens with zero attached hydrogens (tertiary/aromatic N) is 2. The highest BCUT2D eigenvalue weighted by Crippen LogP contribution is 2.23. The van der Waals surface area contributed by atoms with E-state index in [9.17, 15) is 0 Å². The summed E-state index contributed by atoms with van der Waals surface area (Å²) in [5.74, 6) is 1.83. The van der Waals surface area contributed by atoms with E-state index in [0.29, 0.717) is 11.8 Å². The van der Waals surface area contributed by atoms with E-state index >= 15 is 0 Å². The predicted octanol–water partition coefficient (Wildman–Crippen LogP) is 1.69. The van der Waals surface area contributed by atoms with Gasteiger partial charge >= 0.3 is 0 Å². The summed E-state index contributed by atoms with van der Waals surface area (Å²) in [5.41, 5.74) is 0. The average Bonchev–Trinajstić information content (AvgIpc) is 3.00. The molecule has 1 aromatic rings. The van der Waals surface area contributed by atoms with Crippen molar-refractivity contribution in [2.24, 2.45) is 0 Å². The fourth-order valence-electron chi connectivity index (χ4n) is 2.42. The quantitative estimate of drug-likeness (QED) is 0.802. The van der Waals surface area contributed by atoms with E-state index in [4.69, 9.17) is 14.0 Å². The highest BCUT2D eigenvalue weighted by atomic mass is 16.5. The van der Waals surface area contributed by atoms with Crippen LogP contribution in [0, 0.1) is 0 Å². The summed E-state index contributed by atoms with van der Waals surface area (Å²) in [6.07, 6.45) is 5.52. The third-order valence-corrected chi connectivity index (χ3v) is 3.45. The molecule has 2 atom stereocenters. The summed E-state index contributed by atoms with van der Waals surface area (Å²) in [6, 6.07) is 0. The van der Waals surface area contributed by atoms with Gasteiger partial charge in [-0.05, 0) is 25.7 Å². The van der Waals surface area contributed by atoms with Crippen molar-refractivity contribution in [3.8, 4) is 0 Å². The lowest BCUT2D eigenvalue weighted by atomic mass is 10.1. The molecule has 2 aliphatic rings. The maximum absolute atomic E-state index is 5.66. The molecule has 0 N–H and O–H groups in total. The summed E-state index contributed by atoms with van der Waals surface area (Å²) in [5, 5.41) is 4.04. The minimum atomic E-state index is 0.261. The third kappa shape index (κ3) is 2.66. The Morgan fingerprint density at radius 1 is 1.18 bits per heavy atom. The fraction of sp³-hybridized carbons (Fsp3) is 0.833. The maximum Gasteiger partial charge on any atom is 0.229 e. The Morgan fingerprint density at radius 3 is 2.94 bits per heavy atom. The van der Waals surface area contributed by atoms with Crippen LogP contribution >= 0.6 is 0 Å². The SMILES string of the molecule is C1CC[C@H](Cc2nc([C@@H]3CCOC3)no2)OC1. The van der Waals surface area contributed by atoms with Gasteiger partial charge in [0.1, 0.15) is 0 Å². The molecule has 2 fully saturated rings. The van der Waals surface area contributed by atoms with Crippen LogP contribution in [0.1, 0.15) is 43.3 Å². The molecule has 17 heavy (non-hydrogen) atoms. The van der Waals surface area contributed by atoms with E-state index in [-0.39, 0.29) is 6.10 Å². The monoisotopic (exact) mass is 238 g/mol. The van der Waals surface area contributed by atoms with Crippen LogP contribution in [0.2, 0.25) is 0 Å². The first-order valence-electron chi connectivity index (χ1n) is 6.43. The lowest BCUT2D eigenvalue weighted by molar-refractivity contribution is 0.0124.